The third kappa shape index (κ3) is 10.3. The van der Waals surface area contributed by atoms with E-state index in [-0.39, 0.29) is 24.0 Å². The molecule has 0 bridgehead atoms. The number of methoxy groups -OCH3 is 1. The maximum atomic E-state index is 5.71. The van der Waals surface area contributed by atoms with Crippen molar-refractivity contribution in [3.05, 3.63) is 0 Å². The summed E-state index contributed by atoms with van der Waals surface area (Å²) in [6.45, 7) is 10.3. The molecule has 2 heterocycles. The molecule has 2 aliphatic heterocycles. The molecule has 2 rings (SSSR count). The van der Waals surface area contributed by atoms with Crippen LogP contribution in [-0.4, -0.2) is 89.9 Å². The highest BCUT2D eigenvalue weighted by Gasteiger charge is 2.24. The molecule has 0 saturated carbocycles. The van der Waals surface area contributed by atoms with Crippen LogP contribution in [0.1, 0.15) is 32.6 Å². The van der Waals surface area contributed by atoms with E-state index >= 15 is 0 Å². The lowest BCUT2D eigenvalue weighted by Crippen LogP contribution is -2.40. The molecule has 8 heteroatoms. The van der Waals surface area contributed by atoms with Gasteiger partial charge in [0.25, 0.3) is 0 Å². The number of nitrogens with zero attached hydrogens (tertiary/aromatic N) is 2. The molecule has 2 atom stereocenters. The van der Waals surface area contributed by atoms with E-state index in [2.05, 4.69) is 17.1 Å². The predicted octanol–water partition coefficient (Wildman–Crippen LogP) is 2.14. The number of hydrogen-bond donors (Lipinski definition) is 1. The first-order chi connectivity index (χ1) is 12.8. The van der Waals surface area contributed by atoms with Gasteiger partial charge in [-0.25, -0.2) is 0 Å². The molecule has 7 nitrogen and oxygen atoms in total. The molecule has 2 unspecified atom stereocenters. The third-order valence-electron chi connectivity index (χ3n) is 4.74. The van der Waals surface area contributed by atoms with Crippen LogP contribution in [0.15, 0.2) is 4.99 Å². The number of rotatable bonds is 12. The zero-order valence-corrected chi connectivity index (χ0v) is 19.3. The summed E-state index contributed by atoms with van der Waals surface area (Å²) in [5.41, 5.74) is 0. The molecule has 2 aliphatic rings. The summed E-state index contributed by atoms with van der Waals surface area (Å²) in [7, 11) is 1.70. The summed E-state index contributed by atoms with van der Waals surface area (Å²) in [6, 6.07) is 0. The highest BCUT2D eigenvalue weighted by molar-refractivity contribution is 14.0. The first-order valence-corrected chi connectivity index (χ1v) is 10.1. The molecular formula is C19H38IN3O4. The monoisotopic (exact) mass is 499 g/mol. The normalized spacial score (nSPS) is 22.9. The lowest BCUT2D eigenvalue weighted by atomic mass is 10.1. The maximum Gasteiger partial charge on any atom is 0.193 e. The van der Waals surface area contributed by atoms with Gasteiger partial charge in [0, 0.05) is 52.4 Å². The van der Waals surface area contributed by atoms with Crippen molar-refractivity contribution in [3.8, 4) is 0 Å². The van der Waals surface area contributed by atoms with Gasteiger partial charge < -0.3 is 29.2 Å². The van der Waals surface area contributed by atoms with Gasteiger partial charge in [-0.1, -0.05) is 0 Å². The van der Waals surface area contributed by atoms with Crippen LogP contribution in [-0.2, 0) is 18.9 Å². The first kappa shape index (κ1) is 24.9. The Labute approximate surface area is 181 Å². The molecule has 160 valence electrons. The van der Waals surface area contributed by atoms with Crippen molar-refractivity contribution < 1.29 is 18.9 Å². The number of halogens is 1. The van der Waals surface area contributed by atoms with Crippen molar-refractivity contribution in [2.75, 3.05) is 72.9 Å². The standard InChI is InChI=1S/C19H37N3O4.HI/c1-3-20-19(21-8-5-10-24-16-18-6-4-11-26-18)22-9-7-17(14-22)15-25-13-12-23-2;/h17-18H,3-16H2,1-2H3,(H,20,21);1H. The van der Waals surface area contributed by atoms with Gasteiger partial charge >= 0.3 is 0 Å². The van der Waals surface area contributed by atoms with Crippen LogP contribution in [0.2, 0.25) is 0 Å². The molecule has 0 aromatic heterocycles. The second kappa shape index (κ2) is 15.7. The van der Waals surface area contributed by atoms with Gasteiger partial charge in [0.1, 0.15) is 0 Å². The van der Waals surface area contributed by atoms with Crippen LogP contribution >= 0.6 is 24.0 Å². The molecule has 1 N–H and O–H groups in total. The van der Waals surface area contributed by atoms with E-state index in [0.717, 1.165) is 77.8 Å². The molecule has 2 saturated heterocycles. The third-order valence-corrected chi connectivity index (χ3v) is 4.74. The molecular weight excluding hydrogens is 461 g/mol. The summed E-state index contributed by atoms with van der Waals surface area (Å²) < 4.78 is 22.0. The average Bonchev–Trinajstić information content (AvgIpc) is 3.32. The lowest BCUT2D eigenvalue weighted by molar-refractivity contribution is 0.0170. The van der Waals surface area contributed by atoms with Crippen LogP contribution < -0.4 is 5.32 Å². The highest BCUT2D eigenvalue weighted by atomic mass is 127. The number of nitrogens with one attached hydrogen (secondary N) is 1. The Balaban J connectivity index is 0.00000364. The molecule has 0 aromatic carbocycles. The van der Waals surface area contributed by atoms with Gasteiger partial charge in [-0.05, 0) is 32.6 Å². The lowest BCUT2D eigenvalue weighted by Gasteiger charge is -2.21. The Morgan fingerprint density at radius 1 is 1.19 bits per heavy atom. The van der Waals surface area contributed by atoms with Crippen molar-refractivity contribution in [1.29, 1.82) is 0 Å². The van der Waals surface area contributed by atoms with Gasteiger partial charge in [0.05, 0.1) is 32.5 Å². The van der Waals surface area contributed by atoms with E-state index < -0.39 is 0 Å². The number of hydrogen-bond acceptors (Lipinski definition) is 5. The Bertz CT molecular complexity index is 395. The Morgan fingerprint density at radius 3 is 2.78 bits per heavy atom. The minimum atomic E-state index is 0. The smallest absolute Gasteiger partial charge is 0.193 e. The number of ether oxygens (including phenoxy) is 4. The van der Waals surface area contributed by atoms with E-state index in [1.807, 2.05) is 0 Å². The van der Waals surface area contributed by atoms with Gasteiger partial charge in [0.15, 0.2) is 5.96 Å². The van der Waals surface area contributed by atoms with E-state index in [1.165, 1.54) is 6.42 Å². The Morgan fingerprint density at radius 2 is 2.04 bits per heavy atom. The van der Waals surface area contributed by atoms with Crippen molar-refractivity contribution in [2.45, 2.75) is 38.7 Å². The maximum absolute atomic E-state index is 5.71. The highest BCUT2D eigenvalue weighted by Crippen LogP contribution is 2.16. The molecule has 0 aliphatic carbocycles. The summed E-state index contributed by atoms with van der Waals surface area (Å²) in [6.07, 6.45) is 4.71. The van der Waals surface area contributed by atoms with Crippen LogP contribution in [0.3, 0.4) is 0 Å². The van der Waals surface area contributed by atoms with Crippen LogP contribution in [0, 0.1) is 5.92 Å². The second-order valence-electron chi connectivity index (χ2n) is 6.97. The van der Waals surface area contributed by atoms with E-state index in [9.17, 15) is 0 Å². The van der Waals surface area contributed by atoms with Crippen molar-refractivity contribution in [2.24, 2.45) is 10.9 Å². The fourth-order valence-corrected chi connectivity index (χ4v) is 3.32. The SMILES string of the molecule is CCNC(=NCCCOCC1CCCO1)N1CCC(COCCOC)C1.I. The molecule has 2 fully saturated rings. The Hall–Kier alpha value is -0.160. The number of guanidine groups is 1. The minimum Gasteiger partial charge on any atom is -0.382 e. The first-order valence-electron chi connectivity index (χ1n) is 10.1. The molecule has 0 amide bonds. The fourth-order valence-electron chi connectivity index (χ4n) is 3.32. The fraction of sp³-hybridized carbons (Fsp3) is 0.947. The van der Waals surface area contributed by atoms with Crippen molar-refractivity contribution >= 4 is 29.9 Å². The van der Waals surface area contributed by atoms with Crippen molar-refractivity contribution in [1.82, 2.24) is 10.2 Å². The molecule has 0 radical (unpaired) electrons. The molecule has 27 heavy (non-hydrogen) atoms. The van der Waals surface area contributed by atoms with Gasteiger partial charge in [0.2, 0.25) is 0 Å². The predicted molar refractivity (Wildman–Crippen MR) is 118 cm³/mol. The number of likely N-dealkylation sites (tertiary alicyclic amines) is 1. The van der Waals surface area contributed by atoms with Gasteiger partial charge in [-0.2, -0.15) is 0 Å². The minimum absolute atomic E-state index is 0. The van der Waals surface area contributed by atoms with E-state index in [1.54, 1.807) is 7.11 Å². The topological polar surface area (TPSA) is 64.6 Å². The zero-order chi connectivity index (χ0) is 18.5. The average molecular weight is 499 g/mol. The van der Waals surface area contributed by atoms with E-state index in [4.69, 9.17) is 23.9 Å². The largest absolute Gasteiger partial charge is 0.382 e. The van der Waals surface area contributed by atoms with Crippen molar-refractivity contribution in [3.63, 3.8) is 0 Å². The quantitative estimate of drug-likeness (QED) is 0.192. The zero-order valence-electron chi connectivity index (χ0n) is 17.0. The molecule has 0 aromatic rings. The Kier molecular flexibility index (Phi) is 14.5. The summed E-state index contributed by atoms with van der Waals surface area (Å²) in [5.74, 6) is 1.59. The molecule has 0 spiro atoms. The van der Waals surface area contributed by atoms with Gasteiger partial charge in [-0.15, -0.1) is 24.0 Å². The number of aliphatic imine (C=N–C) groups is 1. The second-order valence-corrected chi connectivity index (χ2v) is 6.97. The van der Waals surface area contributed by atoms with Crippen LogP contribution in [0.5, 0.6) is 0 Å². The van der Waals surface area contributed by atoms with Crippen LogP contribution in [0.4, 0.5) is 0 Å². The van der Waals surface area contributed by atoms with Crippen LogP contribution in [0.25, 0.3) is 0 Å². The van der Waals surface area contributed by atoms with E-state index in [0.29, 0.717) is 25.2 Å². The van der Waals surface area contributed by atoms with Gasteiger partial charge in [-0.3, -0.25) is 4.99 Å². The summed E-state index contributed by atoms with van der Waals surface area (Å²) >= 11 is 0. The summed E-state index contributed by atoms with van der Waals surface area (Å²) in [5, 5.41) is 3.41. The summed E-state index contributed by atoms with van der Waals surface area (Å²) in [4.78, 5) is 7.12.